The average Bonchev–Trinajstić information content (AvgIpc) is 3.27. The molecule has 0 unspecified atom stereocenters. The number of carbonyl (C=O) groups excluding carboxylic acids is 2. The minimum Gasteiger partial charge on any atom is -0.467 e. The molecular weight excluding hydrogens is 328 g/mol. The lowest BCUT2D eigenvalue weighted by Gasteiger charge is -2.28. The number of thiophene rings is 1. The lowest BCUT2D eigenvalue weighted by Crippen LogP contribution is -2.50. The van der Waals surface area contributed by atoms with E-state index < -0.39 is 12.0 Å². The molecule has 24 heavy (non-hydrogen) atoms. The quantitative estimate of drug-likeness (QED) is 0.689. The summed E-state index contributed by atoms with van der Waals surface area (Å²) in [4.78, 5) is 25.7. The van der Waals surface area contributed by atoms with Crippen molar-refractivity contribution in [3.05, 3.63) is 22.4 Å². The zero-order valence-corrected chi connectivity index (χ0v) is 15.2. The van der Waals surface area contributed by atoms with Gasteiger partial charge in [-0.05, 0) is 30.8 Å². The Bertz CT molecular complexity index is 529. The molecular formula is C17H26N2O4S. The van der Waals surface area contributed by atoms with Crippen LogP contribution in [0.3, 0.4) is 0 Å². The molecule has 134 valence electrons. The predicted octanol–water partition coefficient (Wildman–Crippen LogP) is 1.35. The van der Waals surface area contributed by atoms with E-state index in [0.717, 1.165) is 24.3 Å². The third-order valence-corrected chi connectivity index (χ3v) is 5.36. The maximum absolute atomic E-state index is 12.6. The second kappa shape index (κ2) is 9.15. The maximum atomic E-state index is 12.6. The van der Waals surface area contributed by atoms with Gasteiger partial charge in [0.2, 0.25) is 5.91 Å². The Morgan fingerprint density at radius 2 is 2.25 bits per heavy atom. The van der Waals surface area contributed by atoms with Crippen LogP contribution in [-0.2, 0) is 25.5 Å². The molecule has 1 fully saturated rings. The molecule has 2 rings (SSSR count). The molecule has 1 aromatic rings. The van der Waals surface area contributed by atoms with Gasteiger partial charge in [-0.25, -0.2) is 4.79 Å². The largest absolute Gasteiger partial charge is 0.467 e. The number of carbonyl (C=O) groups is 2. The topological polar surface area (TPSA) is 76.7 Å². The van der Waals surface area contributed by atoms with Crippen LogP contribution in [0.2, 0.25) is 0 Å². The third-order valence-electron chi connectivity index (χ3n) is 4.46. The van der Waals surface area contributed by atoms with Crippen molar-refractivity contribution in [2.24, 2.45) is 5.92 Å². The molecule has 0 aromatic carbocycles. The van der Waals surface area contributed by atoms with Gasteiger partial charge in [-0.2, -0.15) is 0 Å². The Labute approximate surface area is 146 Å². The molecule has 0 spiro atoms. The molecule has 7 heteroatoms. The van der Waals surface area contributed by atoms with E-state index in [1.165, 1.54) is 7.11 Å². The normalized spacial score (nSPS) is 21.0. The zero-order chi connectivity index (χ0) is 17.5. The first kappa shape index (κ1) is 18.9. The van der Waals surface area contributed by atoms with Crippen molar-refractivity contribution in [1.29, 1.82) is 0 Å². The van der Waals surface area contributed by atoms with Gasteiger partial charge in [0.1, 0.15) is 6.04 Å². The summed E-state index contributed by atoms with van der Waals surface area (Å²) in [6, 6.07) is 3.35. The summed E-state index contributed by atoms with van der Waals surface area (Å²) < 4.78 is 10.4. The van der Waals surface area contributed by atoms with Crippen LogP contribution in [0.15, 0.2) is 17.5 Å². The lowest BCUT2D eigenvalue weighted by atomic mass is 9.95. The first-order valence-electron chi connectivity index (χ1n) is 8.23. The molecule has 1 aromatic heterocycles. The summed E-state index contributed by atoms with van der Waals surface area (Å²) in [5.41, 5.74) is 0. The van der Waals surface area contributed by atoms with Crippen molar-refractivity contribution in [2.45, 2.75) is 44.4 Å². The molecule has 2 N–H and O–H groups in total. The van der Waals surface area contributed by atoms with Crippen molar-refractivity contribution >= 4 is 23.2 Å². The van der Waals surface area contributed by atoms with E-state index in [9.17, 15) is 9.59 Å². The molecule has 0 bridgehead atoms. The number of ether oxygens (including phenoxy) is 2. The SMILES string of the molecule is COC(=O)[C@H](Cc1cccs1)NC(=O)[C@H](C)[C@@H](OC)[C@@H]1CCCN1. The fraction of sp³-hybridized carbons (Fsp3) is 0.647. The Morgan fingerprint density at radius 1 is 1.46 bits per heavy atom. The van der Waals surface area contributed by atoms with Gasteiger partial charge in [0.25, 0.3) is 0 Å². The van der Waals surface area contributed by atoms with Gasteiger partial charge in [-0.1, -0.05) is 13.0 Å². The van der Waals surface area contributed by atoms with Gasteiger partial charge in [0, 0.05) is 24.4 Å². The first-order valence-corrected chi connectivity index (χ1v) is 9.11. The molecule has 1 aliphatic rings. The zero-order valence-electron chi connectivity index (χ0n) is 14.4. The van der Waals surface area contributed by atoms with E-state index in [-0.39, 0.29) is 24.0 Å². The van der Waals surface area contributed by atoms with Crippen molar-refractivity contribution < 1.29 is 19.1 Å². The highest BCUT2D eigenvalue weighted by molar-refractivity contribution is 7.09. The van der Waals surface area contributed by atoms with E-state index in [4.69, 9.17) is 9.47 Å². The minimum atomic E-state index is -0.683. The highest BCUT2D eigenvalue weighted by Crippen LogP contribution is 2.19. The van der Waals surface area contributed by atoms with Gasteiger partial charge < -0.3 is 20.1 Å². The number of hydrogen-bond acceptors (Lipinski definition) is 6. The van der Waals surface area contributed by atoms with E-state index >= 15 is 0 Å². The Hall–Kier alpha value is -1.44. The van der Waals surface area contributed by atoms with E-state index in [0.29, 0.717) is 6.42 Å². The van der Waals surface area contributed by atoms with Crippen LogP contribution < -0.4 is 10.6 Å². The second-order valence-electron chi connectivity index (χ2n) is 6.06. The van der Waals surface area contributed by atoms with Crippen LogP contribution in [0.1, 0.15) is 24.6 Å². The van der Waals surface area contributed by atoms with Crippen LogP contribution >= 0.6 is 11.3 Å². The molecule has 2 heterocycles. The standard InChI is InChI=1S/C17H26N2O4S/c1-11(15(22-2)13-7-4-8-18-13)16(20)19-14(17(21)23-3)10-12-6-5-9-24-12/h5-6,9,11,13-15,18H,4,7-8,10H2,1-3H3,(H,19,20)/t11-,13+,14+,15-/m1/s1. The van der Waals surface area contributed by atoms with Crippen LogP contribution in [0, 0.1) is 5.92 Å². The molecule has 0 radical (unpaired) electrons. The molecule has 4 atom stereocenters. The summed E-state index contributed by atoms with van der Waals surface area (Å²) >= 11 is 1.55. The number of nitrogens with one attached hydrogen (secondary N) is 2. The highest BCUT2D eigenvalue weighted by atomic mass is 32.1. The summed E-state index contributed by atoms with van der Waals surface area (Å²) in [6.45, 7) is 2.78. The second-order valence-corrected chi connectivity index (χ2v) is 7.09. The van der Waals surface area contributed by atoms with Gasteiger partial charge in [0.05, 0.1) is 19.1 Å². The van der Waals surface area contributed by atoms with Crippen molar-refractivity contribution in [3.8, 4) is 0 Å². The number of rotatable bonds is 8. The van der Waals surface area contributed by atoms with Crippen molar-refractivity contribution in [3.63, 3.8) is 0 Å². The Kier molecular flexibility index (Phi) is 7.20. The molecule has 1 aliphatic heterocycles. The van der Waals surface area contributed by atoms with E-state index in [1.54, 1.807) is 18.4 Å². The van der Waals surface area contributed by atoms with Crippen LogP contribution in [0.25, 0.3) is 0 Å². The smallest absolute Gasteiger partial charge is 0.328 e. The lowest BCUT2D eigenvalue weighted by molar-refractivity contribution is -0.146. The predicted molar refractivity (Wildman–Crippen MR) is 93.0 cm³/mol. The van der Waals surface area contributed by atoms with Gasteiger partial charge in [0.15, 0.2) is 0 Å². The first-order chi connectivity index (χ1) is 11.6. The van der Waals surface area contributed by atoms with Gasteiger partial charge >= 0.3 is 5.97 Å². The summed E-state index contributed by atoms with van der Waals surface area (Å²) in [5.74, 6) is -0.986. The van der Waals surface area contributed by atoms with Crippen LogP contribution in [-0.4, -0.2) is 50.8 Å². The van der Waals surface area contributed by atoms with Gasteiger partial charge in [-0.3, -0.25) is 4.79 Å². The van der Waals surface area contributed by atoms with E-state index in [2.05, 4.69) is 10.6 Å². The summed E-state index contributed by atoms with van der Waals surface area (Å²) in [5, 5.41) is 8.15. The highest BCUT2D eigenvalue weighted by Gasteiger charge is 2.34. The number of methoxy groups -OCH3 is 2. The summed E-state index contributed by atoms with van der Waals surface area (Å²) in [7, 11) is 2.96. The Balaban J connectivity index is 2.00. The molecule has 1 saturated heterocycles. The van der Waals surface area contributed by atoms with Crippen molar-refractivity contribution in [2.75, 3.05) is 20.8 Å². The molecule has 0 aliphatic carbocycles. The fourth-order valence-electron chi connectivity index (χ4n) is 3.13. The van der Waals surface area contributed by atoms with Gasteiger partial charge in [-0.15, -0.1) is 11.3 Å². The summed E-state index contributed by atoms with van der Waals surface area (Å²) in [6.07, 6.45) is 2.29. The fourth-order valence-corrected chi connectivity index (χ4v) is 3.88. The monoisotopic (exact) mass is 354 g/mol. The van der Waals surface area contributed by atoms with Crippen LogP contribution in [0.5, 0.6) is 0 Å². The number of esters is 1. The molecule has 1 amide bonds. The molecule has 6 nitrogen and oxygen atoms in total. The minimum absolute atomic E-state index is 0.171. The number of hydrogen-bond donors (Lipinski definition) is 2. The van der Waals surface area contributed by atoms with E-state index in [1.807, 2.05) is 24.4 Å². The number of amides is 1. The van der Waals surface area contributed by atoms with Crippen molar-refractivity contribution in [1.82, 2.24) is 10.6 Å². The molecule has 0 saturated carbocycles. The average molecular weight is 354 g/mol. The Morgan fingerprint density at radius 3 is 2.79 bits per heavy atom. The van der Waals surface area contributed by atoms with Crippen LogP contribution in [0.4, 0.5) is 0 Å². The third kappa shape index (κ3) is 4.78. The maximum Gasteiger partial charge on any atom is 0.328 e.